The van der Waals surface area contributed by atoms with E-state index in [1.54, 1.807) is 26.8 Å². The maximum atomic E-state index is 13.8. The molecule has 0 aliphatic heterocycles. The molecule has 3 nitrogen and oxygen atoms in total. The number of halogens is 1. The van der Waals surface area contributed by atoms with Gasteiger partial charge in [-0.3, -0.25) is 5.32 Å². The smallest absolute Gasteiger partial charge is 0.412 e. The van der Waals surface area contributed by atoms with Crippen LogP contribution >= 0.6 is 0 Å². The van der Waals surface area contributed by atoms with Gasteiger partial charge in [0, 0.05) is 0 Å². The highest BCUT2D eigenvalue weighted by atomic mass is 19.1. The summed E-state index contributed by atoms with van der Waals surface area (Å²) in [5.74, 6) is -0.482. The van der Waals surface area contributed by atoms with Crippen molar-refractivity contribution >= 4 is 22.6 Å². The Kier molecular flexibility index (Phi) is 3.42. The van der Waals surface area contributed by atoms with Crippen molar-refractivity contribution in [2.75, 3.05) is 5.32 Å². The van der Waals surface area contributed by atoms with E-state index >= 15 is 0 Å². The number of benzene rings is 2. The lowest BCUT2D eigenvalue weighted by molar-refractivity contribution is 0.0635. The quantitative estimate of drug-likeness (QED) is 0.829. The van der Waals surface area contributed by atoms with E-state index in [9.17, 15) is 9.18 Å². The van der Waals surface area contributed by atoms with Crippen molar-refractivity contribution in [2.24, 2.45) is 0 Å². The van der Waals surface area contributed by atoms with Gasteiger partial charge in [0.1, 0.15) is 11.4 Å². The lowest BCUT2D eigenvalue weighted by atomic mass is 10.1. The van der Waals surface area contributed by atoms with Crippen LogP contribution < -0.4 is 5.32 Å². The lowest BCUT2D eigenvalue weighted by Crippen LogP contribution is -2.27. The second kappa shape index (κ2) is 4.88. The average Bonchev–Trinajstić information content (AvgIpc) is 2.27. The maximum Gasteiger partial charge on any atom is 0.412 e. The number of rotatable bonds is 1. The summed E-state index contributed by atoms with van der Waals surface area (Å²) in [6, 6.07) is 10.3. The third kappa shape index (κ3) is 3.44. The predicted octanol–water partition coefficient (Wildman–Crippen LogP) is 4.33. The minimum atomic E-state index is -0.665. The molecular weight excluding hydrogens is 245 g/mol. The maximum absolute atomic E-state index is 13.8. The van der Waals surface area contributed by atoms with E-state index in [4.69, 9.17) is 4.74 Å². The summed E-state index contributed by atoms with van der Waals surface area (Å²) in [5, 5.41) is 4.07. The highest BCUT2D eigenvalue weighted by Crippen LogP contribution is 2.23. The molecule has 4 heteroatoms. The summed E-state index contributed by atoms with van der Waals surface area (Å²) in [4.78, 5) is 11.6. The van der Waals surface area contributed by atoms with Crippen molar-refractivity contribution in [1.29, 1.82) is 0 Å². The minimum Gasteiger partial charge on any atom is -0.444 e. The summed E-state index contributed by atoms with van der Waals surface area (Å²) in [6.07, 6.45) is -0.665. The van der Waals surface area contributed by atoms with Crippen LogP contribution in [0.25, 0.3) is 10.8 Å². The zero-order valence-electron chi connectivity index (χ0n) is 11.2. The molecule has 1 amide bonds. The molecule has 0 aliphatic carbocycles. The van der Waals surface area contributed by atoms with Crippen LogP contribution in [-0.2, 0) is 4.74 Å². The molecule has 2 aromatic rings. The van der Waals surface area contributed by atoms with E-state index in [2.05, 4.69) is 5.32 Å². The van der Waals surface area contributed by atoms with E-state index in [-0.39, 0.29) is 5.69 Å². The van der Waals surface area contributed by atoms with Gasteiger partial charge in [0.25, 0.3) is 0 Å². The Bertz CT molecular complexity index is 617. The van der Waals surface area contributed by atoms with Gasteiger partial charge in [-0.2, -0.15) is 0 Å². The van der Waals surface area contributed by atoms with Gasteiger partial charge in [-0.25, -0.2) is 9.18 Å². The molecule has 0 aromatic heterocycles. The molecule has 0 heterocycles. The first-order valence-corrected chi connectivity index (χ1v) is 6.03. The predicted molar refractivity (Wildman–Crippen MR) is 73.8 cm³/mol. The van der Waals surface area contributed by atoms with Crippen molar-refractivity contribution in [3.05, 3.63) is 42.2 Å². The third-order valence-corrected chi connectivity index (χ3v) is 2.47. The number of carbonyl (C=O) groups is 1. The molecule has 1 N–H and O–H groups in total. The molecular formula is C15H16FNO2. The summed E-state index contributed by atoms with van der Waals surface area (Å²) >= 11 is 0. The minimum absolute atomic E-state index is 0.118. The first-order chi connectivity index (χ1) is 8.85. The number of hydrogen-bond acceptors (Lipinski definition) is 2. The standard InChI is InChI=1S/C15H16FNO2/c1-15(2,3)19-14(18)17-13-9-11-7-5-4-6-10(11)8-12(13)16/h4-9H,1-3H3,(H,17,18). The highest BCUT2D eigenvalue weighted by Gasteiger charge is 2.17. The van der Waals surface area contributed by atoms with Crippen LogP contribution in [0, 0.1) is 5.82 Å². The van der Waals surface area contributed by atoms with Gasteiger partial charge in [0.2, 0.25) is 0 Å². The summed E-state index contributed by atoms with van der Waals surface area (Å²) in [7, 11) is 0. The number of nitrogens with one attached hydrogen (secondary N) is 1. The number of fused-ring (bicyclic) bond motifs is 1. The van der Waals surface area contributed by atoms with Crippen LogP contribution in [0.3, 0.4) is 0 Å². The summed E-state index contributed by atoms with van der Waals surface area (Å²) in [6.45, 7) is 5.26. The van der Waals surface area contributed by atoms with E-state index in [1.165, 1.54) is 6.07 Å². The van der Waals surface area contributed by atoms with Crippen molar-refractivity contribution in [3.63, 3.8) is 0 Å². The van der Waals surface area contributed by atoms with E-state index in [0.29, 0.717) is 0 Å². The molecule has 100 valence electrons. The third-order valence-electron chi connectivity index (χ3n) is 2.47. The molecule has 0 atom stereocenters. The molecule has 2 aromatic carbocycles. The molecule has 0 bridgehead atoms. The fraction of sp³-hybridized carbons (Fsp3) is 0.267. The Morgan fingerprint density at radius 1 is 1.16 bits per heavy atom. The van der Waals surface area contributed by atoms with Gasteiger partial charge in [0.15, 0.2) is 0 Å². The molecule has 2 rings (SSSR count). The first kappa shape index (κ1) is 13.3. The van der Waals surface area contributed by atoms with Crippen molar-refractivity contribution < 1.29 is 13.9 Å². The van der Waals surface area contributed by atoms with Crippen molar-refractivity contribution in [1.82, 2.24) is 0 Å². The Morgan fingerprint density at radius 3 is 2.32 bits per heavy atom. The molecule has 0 fully saturated rings. The van der Waals surface area contributed by atoms with Crippen LogP contribution in [-0.4, -0.2) is 11.7 Å². The second-order valence-electron chi connectivity index (χ2n) is 5.31. The number of ether oxygens (including phenoxy) is 1. The van der Waals surface area contributed by atoms with Crippen LogP contribution in [0.5, 0.6) is 0 Å². The topological polar surface area (TPSA) is 38.3 Å². The van der Waals surface area contributed by atoms with Crippen LogP contribution in [0.4, 0.5) is 14.9 Å². The molecule has 0 unspecified atom stereocenters. The van der Waals surface area contributed by atoms with E-state index < -0.39 is 17.5 Å². The fourth-order valence-corrected chi connectivity index (χ4v) is 1.72. The number of carbonyl (C=O) groups excluding carboxylic acids is 1. The molecule has 0 saturated heterocycles. The molecule has 0 aliphatic rings. The zero-order chi connectivity index (χ0) is 14.0. The monoisotopic (exact) mass is 261 g/mol. The SMILES string of the molecule is CC(C)(C)OC(=O)Nc1cc2ccccc2cc1F. The Labute approximate surface area is 111 Å². The van der Waals surface area contributed by atoms with E-state index in [0.717, 1.165) is 10.8 Å². The van der Waals surface area contributed by atoms with Crippen LogP contribution in [0.1, 0.15) is 20.8 Å². The molecule has 0 radical (unpaired) electrons. The lowest BCUT2D eigenvalue weighted by Gasteiger charge is -2.19. The van der Waals surface area contributed by atoms with Gasteiger partial charge in [-0.05, 0) is 43.7 Å². The highest BCUT2D eigenvalue weighted by molar-refractivity contribution is 5.91. The summed E-state index contributed by atoms with van der Waals surface area (Å²) < 4.78 is 18.9. The van der Waals surface area contributed by atoms with Crippen LogP contribution in [0.15, 0.2) is 36.4 Å². The van der Waals surface area contributed by atoms with Crippen molar-refractivity contribution in [2.45, 2.75) is 26.4 Å². The molecule has 19 heavy (non-hydrogen) atoms. The molecule has 0 spiro atoms. The van der Waals surface area contributed by atoms with E-state index in [1.807, 2.05) is 24.3 Å². The van der Waals surface area contributed by atoms with Gasteiger partial charge >= 0.3 is 6.09 Å². The Hall–Kier alpha value is -2.10. The van der Waals surface area contributed by atoms with Gasteiger partial charge < -0.3 is 4.74 Å². The average molecular weight is 261 g/mol. The van der Waals surface area contributed by atoms with Crippen molar-refractivity contribution in [3.8, 4) is 0 Å². The number of anilines is 1. The largest absolute Gasteiger partial charge is 0.444 e. The first-order valence-electron chi connectivity index (χ1n) is 6.03. The summed E-state index contributed by atoms with van der Waals surface area (Å²) in [5.41, 5.74) is -0.495. The molecule has 0 saturated carbocycles. The Morgan fingerprint density at radius 2 is 1.74 bits per heavy atom. The fourth-order valence-electron chi connectivity index (χ4n) is 1.72. The van der Waals surface area contributed by atoms with Gasteiger partial charge in [-0.15, -0.1) is 0 Å². The second-order valence-corrected chi connectivity index (χ2v) is 5.31. The number of amides is 1. The zero-order valence-corrected chi connectivity index (χ0v) is 11.2. The van der Waals surface area contributed by atoms with Gasteiger partial charge in [-0.1, -0.05) is 24.3 Å². The number of hydrogen-bond donors (Lipinski definition) is 1. The van der Waals surface area contributed by atoms with Gasteiger partial charge in [0.05, 0.1) is 5.69 Å². The Balaban J connectivity index is 2.25. The van der Waals surface area contributed by atoms with Crippen LogP contribution in [0.2, 0.25) is 0 Å². The normalized spacial score (nSPS) is 11.4.